The van der Waals surface area contributed by atoms with E-state index < -0.39 is 0 Å². The highest BCUT2D eigenvalue weighted by molar-refractivity contribution is 14.1. The van der Waals surface area contributed by atoms with E-state index in [0.717, 1.165) is 49.0 Å². The van der Waals surface area contributed by atoms with Gasteiger partial charge in [0.1, 0.15) is 6.61 Å². The van der Waals surface area contributed by atoms with E-state index in [1.54, 1.807) is 18.9 Å². The summed E-state index contributed by atoms with van der Waals surface area (Å²) in [7, 11) is 1.65. The molecule has 0 radical (unpaired) electrons. The van der Waals surface area contributed by atoms with Crippen molar-refractivity contribution in [2.45, 2.75) is 50.8 Å². The maximum Gasteiger partial charge on any atom is 0.262 e. The Kier molecular flexibility index (Phi) is 9.45. The van der Waals surface area contributed by atoms with Crippen LogP contribution in [0.15, 0.2) is 76.1 Å². The molecule has 39 heavy (non-hydrogen) atoms. The second-order valence-corrected chi connectivity index (χ2v) is 13.2. The molecule has 1 saturated heterocycles. The number of thioether (sulfide) groups is 1. The number of ether oxygens (including phenoxy) is 2. The largest absolute Gasteiger partial charge is 0.493 e. The number of nitrogens with zero attached hydrogens (tertiary/aromatic N) is 1. The first-order valence-corrected chi connectivity index (χ1v) is 16.0. The molecule has 8 heteroatoms. The fourth-order valence-corrected chi connectivity index (χ4v) is 7.48. The van der Waals surface area contributed by atoms with Gasteiger partial charge in [0, 0.05) is 16.2 Å². The zero-order valence-electron chi connectivity index (χ0n) is 22.0. The molecule has 204 valence electrons. The maximum atomic E-state index is 13.9. The summed E-state index contributed by atoms with van der Waals surface area (Å²) < 4.78 is 13.8. The van der Waals surface area contributed by atoms with E-state index in [9.17, 15) is 4.79 Å². The normalized spacial score (nSPS) is 22.3. The molecule has 1 unspecified atom stereocenters. The van der Waals surface area contributed by atoms with Crippen LogP contribution in [0.1, 0.15) is 43.7 Å². The third-order valence-electron chi connectivity index (χ3n) is 7.27. The van der Waals surface area contributed by atoms with Gasteiger partial charge >= 0.3 is 0 Å². The summed E-state index contributed by atoms with van der Waals surface area (Å²) in [6.45, 7) is 2.72. The Labute approximate surface area is 257 Å². The minimum absolute atomic E-state index is 0.0942. The Bertz CT molecular complexity index is 1340. The predicted octanol–water partition coefficient (Wildman–Crippen LogP) is 8.53. The lowest BCUT2D eigenvalue weighted by atomic mass is 9.85. The summed E-state index contributed by atoms with van der Waals surface area (Å²) >= 11 is 7.34. The van der Waals surface area contributed by atoms with Gasteiger partial charge in [0.05, 0.1) is 15.6 Å². The first-order valence-electron chi connectivity index (χ1n) is 13.2. The van der Waals surface area contributed by atoms with Gasteiger partial charge in [0.15, 0.2) is 17.0 Å². The molecule has 3 aromatic rings. The molecule has 5 nitrogen and oxygen atoms in total. The third-order valence-corrected chi connectivity index (χ3v) is 9.71. The molecule has 0 aromatic heterocycles. The van der Waals surface area contributed by atoms with Crippen LogP contribution in [0.4, 0.5) is 5.69 Å². The zero-order chi connectivity index (χ0) is 27.4. The number of anilines is 1. The summed E-state index contributed by atoms with van der Waals surface area (Å²) in [4.78, 5) is 16.7. The molecular formula is C31H32BrIN2O3S. The van der Waals surface area contributed by atoms with E-state index in [4.69, 9.17) is 9.47 Å². The number of carbonyl (C=O) groups excluding carboxylic acids is 1. The molecule has 1 amide bonds. The number of rotatable bonds is 8. The lowest BCUT2D eigenvalue weighted by Crippen LogP contribution is -2.48. The van der Waals surface area contributed by atoms with E-state index in [1.807, 2.05) is 60.7 Å². The van der Waals surface area contributed by atoms with Crippen molar-refractivity contribution in [2.24, 2.45) is 5.92 Å². The molecule has 1 N–H and O–H groups in total. The van der Waals surface area contributed by atoms with E-state index in [1.165, 1.54) is 6.42 Å². The van der Waals surface area contributed by atoms with Gasteiger partial charge in [-0.1, -0.05) is 77.8 Å². The highest BCUT2D eigenvalue weighted by Crippen LogP contribution is 2.43. The number of halogens is 2. The molecule has 3 atom stereocenters. The van der Waals surface area contributed by atoms with E-state index >= 15 is 0 Å². The van der Waals surface area contributed by atoms with Gasteiger partial charge in [0.2, 0.25) is 0 Å². The van der Waals surface area contributed by atoms with Crippen molar-refractivity contribution in [3.63, 3.8) is 0 Å². The Hall–Kier alpha value is -2.17. The van der Waals surface area contributed by atoms with Gasteiger partial charge in [-0.3, -0.25) is 4.79 Å². The van der Waals surface area contributed by atoms with Crippen LogP contribution in [0.5, 0.6) is 11.5 Å². The van der Waals surface area contributed by atoms with Crippen molar-refractivity contribution in [3.8, 4) is 11.5 Å². The van der Waals surface area contributed by atoms with Gasteiger partial charge in [-0.05, 0) is 95.0 Å². The van der Waals surface area contributed by atoms with Crippen molar-refractivity contribution in [3.05, 3.63) is 90.8 Å². The maximum absolute atomic E-state index is 13.9. The second kappa shape index (κ2) is 13.0. The Balaban J connectivity index is 1.40. The summed E-state index contributed by atoms with van der Waals surface area (Å²) in [5.74, 6) is 1.93. The van der Waals surface area contributed by atoms with Crippen LogP contribution in [0.2, 0.25) is 0 Å². The molecule has 0 bridgehead atoms. The molecule has 2 fully saturated rings. The minimum Gasteiger partial charge on any atom is -0.493 e. The molecule has 3 aromatic carbocycles. The quantitative estimate of drug-likeness (QED) is 0.187. The van der Waals surface area contributed by atoms with Gasteiger partial charge in [-0.2, -0.15) is 0 Å². The first kappa shape index (κ1) is 28.4. The molecular weight excluding hydrogens is 687 g/mol. The van der Waals surface area contributed by atoms with Crippen LogP contribution in [0, 0.1) is 9.49 Å². The highest BCUT2D eigenvalue weighted by Gasteiger charge is 2.42. The number of carbonyl (C=O) groups is 1. The monoisotopic (exact) mass is 718 g/mol. The first-order chi connectivity index (χ1) is 18.9. The molecule has 1 aliphatic heterocycles. The average molecular weight is 719 g/mol. The second-order valence-electron chi connectivity index (χ2n) is 9.98. The number of hydrogen-bond acceptors (Lipinski definition) is 5. The number of methoxy groups -OCH3 is 1. The lowest BCUT2D eigenvalue weighted by Gasteiger charge is -2.39. The van der Waals surface area contributed by atoms with E-state index in [2.05, 4.69) is 67.8 Å². The highest BCUT2D eigenvalue weighted by atomic mass is 127. The van der Waals surface area contributed by atoms with Crippen LogP contribution in [0.3, 0.4) is 0 Å². The molecule has 1 saturated carbocycles. The van der Waals surface area contributed by atoms with Crippen LogP contribution in [0.25, 0.3) is 6.08 Å². The smallest absolute Gasteiger partial charge is 0.262 e. The predicted molar refractivity (Wildman–Crippen MR) is 172 cm³/mol. The van der Waals surface area contributed by atoms with Crippen molar-refractivity contribution in [1.82, 2.24) is 4.90 Å². The standard InChI is InChI=1S/C31H32BrIN2O3S/c1-20-8-6-7-11-26(20)35-30(36)28(39-31(35)34-24-9-4-3-5-10-24)18-22-16-25(33)29(27(17-22)37-2)38-19-21-12-14-23(32)15-13-21/h3-5,9-10,12-18,20,26,31,34H,6-8,11,19H2,1-2H3/b28-18-/t20-,26-,31?/m0/s1. The van der Waals surface area contributed by atoms with Crippen molar-refractivity contribution < 1.29 is 14.3 Å². The van der Waals surface area contributed by atoms with Crippen LogP contribution in [-0.2, 0) is 11.4 Å². The van der Waals surface area contributed by atoms with Crippen LogP contribution < -0.4 is 14.8 Å². The zero-order valence-corrected chi connectivity index (χ0v) is 26.6. The van der Waals surface area contributed by atoms with E-state index in [-0.39, 0.29) is 17.4 Å². The van der Waals surface area contributed by atoms with Crippen molar-refractivity contribution in [2.75, 3.05) is 12.4 Å². The van der Waals surface area contributed by atoms with Crippen molar-refractivity contribution in [1.29, 1.82) is 0 Å². The molecule has 1 heterocycles. The Morgan fingerprint density at radius 2 is 1.85 bits per heavy atom. The SMILES string of the molecule is COc1cc(/C=C2\SC(Nc3ccccc3)N([C@H]3CCCC[C@@H]3C)C2=O)cc(I)c1OCc1ccc(Br)cc1. The van der Waals surface area contributed by atoms with Crippen LogP contribution >= 0.6 is 50.3 Å². The number of nitrogens with one attached hydrogen (secondary N) is 1. The van der Waals surface area contributed by atoms with Gasteiger partial charge in [0.25, 0.3) is 5.91 Å². The minimum atomic E-state index is -0.147. The lowest BCUT2D eigenvalue weighted by molar-refractivity contribution is -0.129. The van der Waals surface area contributed by atoms with Gasteiger partial charge in [-0.25, -0.2) is 0 Å². The molecule has 2 aliphatic rings. The van der Waals surface area contributed by atoms with Crippen molar-refractivity contribution >= 4 is 68.0 Å². The topological polar surface area (TPSA) is 50.8 Å². The number of amides is 1. The Morgan fingerprint density at radius 3 is 2.56 bits per heavy atom. The molecule has 5 rings (SSSR count). The summed E-state index contributed by atoms with van der Waals surface area (Å²) in [5.41, 5.74) is 2.86. The van der Waals surface area contributed by atoms with Gasteiger partial charge < -0.3 is 19.7 Å². The number of hydrogen-bond donors (Lipinski definition) is 1. The summed E-state index contributed by atoms with van der Waals surface area (Å²) in [6, 6.07) is 22.4. The summed E-state index contributed by atoms with van der Waals surface area (Å²) in [5, 5.41) is 3.61. The van der Waals surface area contributed by atoms with Gasteiger partial charge in [-0.15, -0.1) is 0 Å². The fraction of sp³-hybridized carbons (Fsp3) is 0.323. The average Bonchev–Trinajstić information content (AvgIpc) is 3.23. The number of benzene rings is 3. The third kappa shape index (κ3) is 6.77. The fourth-order valence-electron chi connectivity index (χ4n) is 5.22. The number of para-hydroxylation sites is 1. The Morgan fingerprint density at radius 1 is 1.10 bits per heavy atom. The summed E-state index contributed by atoms with van der Waals surface area (Å²) in [6.07, 6.45) is 6.60. The molecule has 0 spiro atoms. The van der Waals surface area contributed by atoms with Crippen LogP contribution in [-0.4, -0.2) is 29.5 Å². The molecule has 1 aliphatic carbocycles. The van der Waals surface area contributed by atoms with E-state index in [0.29, 0.717) is 24.0 Å².